The van der Waals surface area contributed by atoms with E-state index in [-0.39, 0.29) is 19.2 Å². The molecule has 65 heavy (non-hydrogen) atoms. The predicted octanol–water partition coefficient (Wildman–Crippen LogP) is 13.2. The molecule has 9 heteroatoms. The summed E-state index contributed by atoms with van der Waals surface area (Å²) in [5, 5.41) is 40.3. The van der Waals surface area contributed by atoms with Crippen molar-refractivity contribution in [2.24, 2.45) is 0 Å². The van der Waals surface area contributed by atoms with Crippen LogP contribution in [0.5, 0.6) is 0 Å². The van der Waals surface area contributed by atoms with Gasteiger partial charge in [0.05, 0.1) is 19.8 Å². The average molecular weight is 915 g/mol. The molecule has 0 aromatic rings. The van der Waals surface area contributed by atoms with E-state index in [1.165, 1.54) is 109 Å². The zero-order valence-electron chi connectivity index (χ0n) is 41.5. The third-order valence-corrected chi connectivity index (χ3v) is 11.9. The molecular formula is C56H98O9. The van der Waals surface area contributed by atoms with Crippen molar-refractivity contribution in [3.8, 4) is 0 Å². The highest BCUT2D eigenvalue weighted by molar-refractivity contribution is 5.69. The summed E-state index contributed by atoms with van der Waals surface area (Å²) in [5.74, 6) is -0.327. The summed E-state index contributed by atoms with van der Waals surface area (Å²) >= 11 is 0. The number of allylic oxidation sites excluding steroid dienone is 12. The number of hydrogen-bond acceptors (Lipinski definition) is 9. The highest BCUT2D eigenvalue weighted by atomic mass is 16.7. The Labute approximate surface area is 397 Å². The molecule has 0 radical (unpaired) electrons. The van der Waals surface area contributed by atoms with Crippen molar-refractivity contribution in [1.29, 1.82) is 0 Å². The van der Waals surface area contributed by atoms with E-state index in [0.717, 1.165) is 83.5 Å². The number of unbranched alkanes of at least 4 members (excludes halogenated alkanes) is 22. The maximum atomic E-state index is 12.9. The minimum Gasteiger partial charge on any atom is -0.457 e. The standard InChI is InChI=1S/C56H98O9/c1-3-5-7-9-11-13-15-17-19-21-22-23-24-25-26-27-28-29-31-33-35-37-39-41-43-45-52(58)64-50(49-63-56-55(61)54(60)53(59)51(47-57)65-56)48-62-46-44-42-40-38-36-34-32-30-20-18-16-14-12-10-8-6-4-2/h5,7,11,13,17,19,22-23,25-26,28-29,50-51,53-57,59-61H,3-4,6,8-10,12,14-16,18,20-21,24,27,30-49H2,1-2H3/b7-5-,13-11-,19-17-,23-22-,26-25-,29-28-. The highest BCUT2D eigenvalue weighted by Crippen LogP contribution is 2.23. The molecule has 0 aromatic carbocycles. The number of rotatable bonds is 45. The predicted molar refractivity (Wildman–Crippen MR) is 270 cm³/mol. The molecule has 1 fully saturated rings. The Morgan fingerprint density at radius 1 is 0.508 bits per heavy atom. The van der Waals surface area contributed by atoms with E-state index >= 15 is 0 Å². The van der Waals surface area contributed by atoms with Crippen LogP contribution >= 0.6 is 0 Å². The van der Waals surface area contributed by atoms with Crippen molar-refractivity contribution in [3.63, 3.8) is 0 Å². The molecule has 0 spiro atoms. The van der Waals surface area contributed by atoms with Crippen molar-refractivity contribution in [2.75, 3.05) is 26.4 Å². The first kappa shape index (κ1) is 60.6. The van der Waals surface area contributed by atoms with Gasteiger partial charge >= 0.3 is 5.97 Å². The second kappa shape index (κ2) is 46.7. The van der Waals surface area contributed by atoms with Crippen LogP contribution in [0.3, 0.4) is 0 Å². The number of hydrogen-bond donors (Lipinski definition) is 4. The summed E-state index contributed by atoms with van der Waals surface area (Å²) in [6.07, 6.45) is 55.0. The van der Waals surface area contributed by atoms with Crippen LogP contribution in [0, 0.1) is 0 Å². The van der Waals surface area contributed by atoms with Gasteiger partial charge in [0.25, 0.3) is 0 Å². The van der Waals surface area contributed by atoms with Gasteiger partial charge in [0, 0.05) is 13.0 Å². The largest absolute Gasteiger partial charge is 0.457 e. The Bertz CT molecular complexity index is 1220. The van der Waals surface area contributed by atoms with Gasteiger partial charge in [-0.05, 0) is 64.2 Å². The van der Waals surface area contributed by atoms with Crippen LogP contribution in [0.15, 0.2) is 72.9 Å². The molecule has 1 aliphatic rings. The Kier molecular flexibility index (Phi) is 43.6. The summed E-state index contributed by atoms with van der Waals surface area (Å²) in [4.78, 5) is 12.9. The summed E-state index contributed by atoms with van der Waals surface area (Å²) in [6, 6.07) is 0. The minimum atomic E-state index is -1.54. The molecule has 1 aliphatic heterocycles. The summed E-state index contributed by atoms with van der Waals surface area (Å²) in [5.41, 5.74) is 0. The summed E-state index contributed by atoms with van der Waals surface area (Å²) < 4.78 is 22.9. The number of esters is 1. The van der Waals surface area contributed by atoms with Crippen LogP contribution in [0.4, 0.5) is 0 Å². The molecule has 0 saturated carbocycles. The molecule has 1 rings (SSSR count). The molecular weight excluding hydrogens is 817 g/mol. The molecule has 0 aromatic heterocycles. The number of ether oxygens (including phenoxy) is 4. The average Bonchev–Trinajstić information content (AvgIpc) is 3.31. The van der Waals surface area contributed by atoms with Gasteiger partial charge < -0.3 is 39.4 Å². The molecule has 0 amide bonds. The second-order valence-corrected chi connectivity index (χ2v) is 17.9. The third kappa shape index (κ3) is 37.3. The van der Waals surface area contributed by atoms with Crippen LogP contribution in [0.25, 0.3) is 0 Å². The SMILES string of the molecule is CC/C=C\C/C=C\C/C=C\C/C=C\C/C=C\C/C=C\CCCCCCCCC(=O)OC(COCCCCCCCCCCCCCCCCCCC)COC1OC(CO)C(O)C(O)C1O. The lowest BCUT2D eigenvalue weighted by Crippen LogP contribution is -2.59. The van der Waals surface area contributed by atoms with E-state index in [9.17, 15) is 25.2 Å². The van der Waals surface area contributed by atoms with Crippen molar-refractivity contribution in [3.05, 3.63) is 72.9 Å². The molecule has 6 atom stereocenters. The lowest BCUT2D eigenvalue weighted by Gasteiger charge is -2.39. The molecule has 376 valence electrons. The lowest BCUT2D eigenvalue weighted by molar-refractivity contribution is -0.305. The second-order valence-electron chi connectivity index (χ2n) is 17.9. The van der Waals surface area contributed by atoms with Gasteiger partial charge in [-0.15, -0.1) is 0 Å². The minimum absolute atomic E-state index is 0.121. The van der Waals surface area contributed by atoms with E-state index in [1.54, 1.807) is 0 Å². The van der Waals surface area contributed by atoms with Gasteiger partial charge in [-0.1, -0.05) is 215 Å². The molecule has 4 N–H and O–H groups in total. The molecule has 0 bridgehead atoms. The van der Waals surface area contributed by atoms with E-state index in [2.05, 4.69) is 86.8 Å². The van der Waals surface area contributed by atoms with Crippen molar-refractivity contribution >= 4 is 5.97 Å². The molecule has 1 saturated heterocycles. The van der Waals surface area contributed by atoms with E-state index < -0.39 is 43.4 Å². The summed E-state index contributed by atoms with van der Waals surface area (Å²) in [6.45, 7) is 4.45. The molecule has 6 unspecified atom stereocenters. The van der Waals surface area contributed by atoms with Crippen LogP contribution in [-0.2, 0) is 23.7 Å². The zero-order valence-corrected chi connectivity index (χ0v) is 41.5. The van der Waals surface area contributed by atoms with Gasteiger partial charge in [0.2, 0.25) is 0 Å². The maximum absolute atomic E-state index is 12.9. The molecule has 9 nitrogen and oxygen atoms in total. The van der Waals surface area contributed by atoms with Crippen molar-refractivity contribution < 1.29 is 44.2 Å². The zero-order chi connectivity index (χ0) is 47.1. The van der Waals surface area contributed by atoms with Gasteiger partial charge in [0.15, 0.2) is 6.29 Å². The molecule has 1 heterocycles. The number of carbonyl (C=O) groups is 1. The first-order valence-electron chi connectivity index (χ1n) is 26.5. The Morgan fingerprint density at radius 3 is 1.42 bits per heavy atom. The quantitative estimate of drug-likeness (QED) is 0.0267. The van der Waals surface area contributed by atoms with Gasteiger partial charge in [-0.25, -0.2) is 0 Å². The Hall–Kier alpha value is -2.37. The fourth-order valence-corrected chi connectivity index (χ4v) is 7.79. The Morgan fingerprint density at radius 2 is 0.938 bits per heavy atom. The number of carbonyl (C=O) groups excluding carboxylic acids is 1. The topological polar surface area (TPSA) is 135 Å². The monoisotopic (exact) mass is 915 g/mol. The van der Waals surface area contributed by atoms with Crippen LogP contribution < -0.4 is 0 Å². The van der Waals surface area contributed by atoms with E-state index in [0.29, 0.717) is 13.0 Å². The van der Waals surface area contributed by atoms with Crippen LogP contribution in [0.2, 0.25) is 0 Å². The fraction of sp³-hybridized carbons (Fsp3) is 0.768. The normalized spacial score (nSPS) is 20.0. The lowest BCUT2D eigenvalue weighted by atomic mass is 9.99. The molecule has 0 aliphatic carbocycles. The number of aliphatic hydroxyl groups excluding tert-OH is 4. The first-order valence-corrected chi connectivity index (χ1v) is 26.5. The van der Waals surface area contributed by atoms with E-state index in [1.807, 2.05) is 0 Å². The maximum Gasteiger partial charge on any atom is 0.306 e. The third-order valence-electron chi connectivity index (χ3n) is 11.9. The highest BCUT2D eigenvalue weighted by Gasteiger charge is 2.44. The van der Waals surface area contributed by atoms with Crippen molar-refractivity contribution in [1.82, 2.24) is 0 Å². The van der Waals surface area contributed by atoms with Crippen LogP contribution in [-0.4, -0.2) is 89.6 Å². The van der Waals surface area contributed by atoms with Gasteiger partial charge in [-0.2, -0.15) is 0 Å². The fourth-order valence-electron chi connectivity index (χ4n) is 7.79. The van der Waals surface area contributed by atoms with Gasteiger partial charge in [-0.3, -0.25) is 4.79 Å². The smallest absolute Gasteiger partial charge is 0.306 e. The van der Waals surface area contributed by atoms with E-state index in [4.69, 9.17) is 18.9 Å². The van der Waals surface area contributed by atoms with Crippen molar-refractivity contribution in [2.45, 2.75) is 250 Å². The Balaban J connectivity index is 2.21. The van der Waals surface area contributed by atoms with Gasteiger partial charge in [0.1, 0.15) is 30.5 Å². The number of aliphatic hydroxyl groups is 4. The first-order chi connectivity index (χ1) is 31.9. The summed E-state index contributed by atoms with van der Waals surface area (Å²) in [7, 11) is 0. The van der Waals surface area contributed by atoms with Crippen LogP contribution in [0.1, 0.15) is 213 Å².